The lowest BCUT2D eigenvalue weighted by atomic mass is 9.96. The molecule has 1 aromatic rings. The normalized spacial score (nSPS) is 23.0. The molecule has 0 radical (unpaired) electrons. The molecule has 3 atom stereocenters. The Morgan fingerprint density at radius 3 is 2.41 bits per heavy atom. The lowest BCUT2D eigenvalue weighted by Gasteiger charge is -2.44. The summed E-state index contributed by atoms with van der Waals surface area (Å²) in [4.78, 5) is 51.3. The Hall–Kier alpha value is -2.95. The van der Waals surface area contributed by atoms with Crippen LogP contribution < -0.4 is 5.32 Å². The molecule has 0 aliphatic carbocycles. The molecule has 0 saturated carbocycles. The van der Waals surface area contributed by atoms with Crippen LogP contribution in [0.15, 0.2) is 30.3 Å². The van der Waals surface area contributed by atoms with Gasteiger partial charge in [0.2, 0.25) is 5.91 Å². The Bertz CT molecular complexity index is 950. The lowest BCUT2D eigenvalue weighted by molar-refractivity contribution is -0.209. The van der Waals surface area contributed by atoms with Crippen LogP contribution in [-0.4, -0.2) is 63.1 Å². The van der Waals surface area contributed by atoms with Gasteiger partial charge in [0.15, 0.2) is 0 Å². The van der Waals surface area contributed by atoms with Gasteiger partial charge in [0.1, 0.15) is 24.1 Å². The SMILES string of the molecule is CC(C)OC(=O)OC(C)(C)OC(=O)[C@@H]1N2C(=O)C(NC(=O)OCc3ccccc3)[C@H]2SC1(C)C. The van der Waals surface area contributed by atoms with E-state index in [4.69, 9.17) is 18.9 Å². The summed E-state index contributed by atoms with van der Waals surface area (Å²) in [7, 11) is 0. The molecular weight excluding hydrogens is 464 g/mol. The number of nitrogens with zero attached hydrogens (tertiary/aromatic N) is 1. The highest BCUT2D eigenvalue weighted by atomic mass is 32.2. The van der Waals surface area contributed by atoms with E-state index in [1.807, 2.05) is 30.3 Å². The van der Waals surface area contributed by atoms with Gasteiger partial charge in [-0.05, 0) is 33.3 Å². The first-order chi connectivity index (χ1) is 15.8. The maximum absolute atomic E-state index is 13.0. The van der Waals surface area contributed by atoms with Gasteiger partial charge in [0, 0.05) is 18.6 Å². The minimum atomic E-state index is -1.60. The van der Waals surface area contributed by atoms with Crippen molar-refractivity contribution in [1.29, 1.82) is 0 Å². The number of ether oxygens (including phenoxy) is 4. The molecule has 10 nitrogen and oxygen atoms in total. The van der Waals surface area contributed by atoms with Gasteiger partial charge in [-0.3, -0.25) is 4.79 Å². The lowest BCUT2D eigenvalue weighted by Crippen LogP contribution is -2.71. The van der Waals surface area contributed by atoms with Crippen molar-refractivity contribution in [1.82, 2.24) is 10.2 Å². The number of fused-ring (bicyclic) bond motifs is 1. The molecule has 2 aliphatic rings. The van der Waals surface area contributed by atoms with Crippen LogP contribution in [0, 0.1) is 0 Å². The highest BCUT2D eigenvalue weighted by Gasteiger charge is 2.65. The Morgan fingerprint density at radius 2 is 1.79 bits per heavy atom. The number of hydrogen-bond donors (Lipinski definition) is 1. The van der Waals surface area contributed by atoms with E-state index in [1.54, 1.807) is 27.7 Å². The Balaban J connectivity index is 1.59. The maximum Gasteiger partial charge on any atom is 0.511 e. The zero-order valence-corrected chi connectivity index (χ0v) is 20.8. The molecule has 2 saturated heterocycles. The summed E-state index contributed by atoms with van der Waals surface area (Å²) in [5, 5.41) is 2.13. The Labute approximate surface area is 202 Å². The van der Waals surface area contributed by atoms with Gasteiger partial charge in [-0.15, -0.1) is 11.8 Å². The standard InChI is InChI=1S/C23H30N2O8S/c1-13(2)31-21(29)33-23(5,6)32-19(27)16-22(3,4)34-18-15(17(26)25(16)18)24-20(28)30-12-14-10-8-7-9-11-14/h7-11,13,15-16,18H,12H2,1-6H3,(H,24,28)/t15?,16-,18+/m0/s1. The third kappa shape index (κ3) is 5.75. The number of nitrogens with one attached hydrogen (secondary N) is 1. The number of amides is 2. The van der Waals surface area contributed by atoms with Crippen LogP contribution in [0.25, 0.3) is 0 Å². The summed E-state index contributed by atoms with van der Waals surface area (Å²) in [5.41, 5.74) is 0.820. The van der Waals surface area contributed by atoms with Gasteiger partial charge in [-0.2, -0.15) is 0 Å². The second-order valence-corrected chi connectivity index (χ2v) is 11.1. The molecule has 0 aromatic heterocycles. The molecule has 2 heterocycles. The van der Waals surface area contributed by atoms with Crippen LogP contribution in [0.2, 0.25) is 0 Å². The van der Waals surface area contributed by atoms with Crippen molar-refractivity contribution in [2.45, 2.75) is 82.2 Å². The van der Waals surface area contributed by atoms with Crippen LogP contribution in [0.4, 0.5) is 9.59 Å². The second-order valence-electron chi connectivity index (χ2n) is 9.28. The van der Waals surface area contributed by atoms with Crippen LogP contribution in [0.1, 0.15) is 47.1 Å². The van der Waals surface area contributed by atoms with Gasteiger partial charge in [-0.25, -0.2) is 14.4 Å². The Kier molecular flexibility index (Phi) is 7.35. The van der Waals surface area contributed by atoms with Crippen LogP contribution >= 0.6 is 11.8 Å². The fourth-order valence-corrected chi connectivity index (χ4v) is 5.38. The van der Waals surface area contributed by atoms with E-state index in [-0.39, 0.29) is 6.61 Å². The first-order valence-corrected chi connectivity index (χ1v) is 11.8. The quantitative estimate of drug-likeness (QED) is 0.264. The fourth-order valence-electron chi connectivity index (χ4n) is 3.75. The van der Waals surface area contributed by atoms with E-state index in [9.17, 15) is 19.2 Å². The van der Waals surface area contributed by atoms with Gasteiger partial charge < -0.3 is 29.2 Å². The number of carbonyl (C=O) groups excluding carboxylic acids is 4. The number of rotatable bonds is 7. The molecule has 11 heteroatoms. The van der Waals surface area contributed by atoms with Gasteiger partial charge in [0.05, 0.1) is 6.10 Å². The van der Waals surface area contributed by atoms with E-state index in [0.717, 1.165) is 5.56 Å². The zero-order valence-electron chi connectivity index (χ0n) is 20.0. The molecule has 2 amide bonds. The maximum atomic E-state index is 13.0. The molecule has 2 aliphatic heterocycles. The van der Waals surface area contributed by atoms with Crippen LogP contribution in [0.5, 0.6) is 0 Å². The fraction of sp³-hybridized carbons (Fsp3) is 0.565. The molecule has 0 spiro atoms. The van der Waals surface area contributed by atoms with E-state index < -0.39 is 58.2 Å². The van der Waals surface area contributed by atoms with E-state index in [2.05, 4.69) is 5.32 Å². The van der Waals surface area contributed by atoms with Gasteiger partial charge in [-0.1, -0.05) is 30.3 Å². The number of alkyl carbamates (subject to hydrolysis) is 1. The van der Waals surface area contributed by atoms with Crippen molar-refractivity contribution in [3.05, 3.63) is 35.9 Å². The number of hydrogen-bond acceptors (Lipinski definition) is 9. The molecule has 0 bridgehead atoms. The first-order valence-electron chi connectivity index (χ1n) is 10.9. The minimum absolute atomic E-state index is 0.0733. The number of benzene rings is 1. The van der Waals surface area contributed by atoms with E-state index in [0.29, 0.717) is 0 Å². The molecule has 3 rings (SSSR count). The molecule has 1 N–H and O–H groups in total. The highest BCUT2D eigenvalue weighted by molar-refractivity contribution is 8.01. The van der Waals surface area contributed by atoms with Crippen molar-refractivity contribution in [3.63, 3.8) is 0 Å². The number of carbonyl (C=O) groups is 4. The number of thioether (sulfide) groups is 1. The van der Waals surface area contributed by atoms with Crippen LogP contribution in [-0.2, 0) is 35.1 Å². The Morgan fingerprint density at radius 1 is 1.15 bits per heavy atom. The molecule has 1 aromatic carbocycles. The third-order valence-electron chi connectivity index (χ3n) is 5.16. The largest absolute Gasteiger partial charge is 0.511 e. The summed E-state index contributed by atoms with van der Waals surface area (Å²) in [6, 6.07) is 7.41. The van der Waals surface area contributed by atoms with Crippen LogP contribution in [0.3, 0.4) is 0 Å². The predicted octanol–water partition coefficient (Wildman–Crippen LogP) is 3.18. The van der Waals surface area contributed by atoms with Crippen molar-refractivity contribution in [2.24, 2.45) is 0 Å². The highest BCUT2D eigenvalue weighted by Crippen LogP contribution is 2.51. The first kappa shape index (κ1) is 25.7. The van der Waals surface area contributed by atoms with Crippen molar-refractivity contribution in [3.8, 4) is 0 Å². The van der Waals surface area contributed by atoms with E-state index in [1.165, 1.54) is 30.5 Å². The van der Waals surface area contributed by atoms with E-state index >= 15 is 0 Å². The summed E-state index contributed by atoms with van der Waals surface area (Å²) in [5.74, 6) is -2.74. The second kappa shape index (κ2) is 9.73. The molecule has 34 heavy (non-hydrogen) atoms. The average molecular weight is 495 g/mol. The number of esters is 1. The average Bonchev–Trinajstić information content (AvgIpc) is 2.97. The third-order valence-corrected chi connectivity index (χ3v) is 6.73. The van der Waals surface area contributed by atoms with Crippen molar-refractivity contribution in [2.75, 3.05) is 0 Å². The smallest absolute Gasteiger partial charge is 0.445 e. The van der Waals surface area contributed by atoms with Gasteiger partial charge >= 0.3 is 18.2 Å². The molecule has 186 valence electrons. The summed E-state index contributed by atoms with van der Waals surface area (Å²) >= 11 is 1.37. The topological polar surface area (TPSA) is 120 Å². The zero-order chi connectivity index (χ0) is 25.3. The molecule has 1 unspecified atom stereocenters. The molecular formula is C23H30N2O8S. The summed E-state index contributed by atoms with van der Waals surface area (Å²) in [6.45, 7) is 9.83. The number of β-lactam (4-membered cyclic amide) rings is 1. The predicted molar refractivity (Wildman–Crippen MR) is 123 cm³/mol. The van der Waals surface area contributed by atoms with Crippen molar-refractivity contribution >= 4 is 35.9 Å². The minimum Gasteiger partial charge on any atom is -0.445 e. The molecule has 2 fully saturated rings. The summed E-state index contributed by atoms with van der Waals surface area (Å²) < 4.78 is 20.0. The monoisotopic (exact) mass is 494 g/mol. The van der Waals surface area contributed by atoms with Gasteiger partial charge in [0.25, 0.3) is 5.79 Å². The summed E-state index contributed by atoms with van der Waals surface area (Å²) in [6.07, 6.45) is -2.08. The van der Waals surface area contributed by atoms with Crippen molar-refractivity contribution < 1.29 is 38.1 Å².